The number of aryl methyl sites for hydroxylation is 1. The third kappa shape index (κ3) is 3.83. The van der Waals surface area contributed by atoms with Crippen LogP contribution < -0.4 is 4.74 Å². The van der Waals surface area contributed by atoms with Crippen molar-refractivity contribution in [3.8, 4) is 17.6 Å². The van der Waals surface area contributed by atoms with Gasteiger partial charge < -0.3 is 4.74 Å². The van der Waals surface area contributed by atoms with Crippen LogP contribution in [0.5, 0.6) is 11.5 Å². The van der Waals surface area contributed by atoms with Crippen molar-refractivity contribution in [3.63, 3.8) is 0 Å². The Hall–Kier alpha value is -3.42. The van der Waals surface area contributed by atoms with Crippen LogP contribution in [0.3, 0.4) is 0 Å². The summed E-state index contributed by atoms with van der Waals surface area (Å²) in [6, 6.07) is 12.2. The molecular weight excluding hydrogens is 473 g/mol. The van der Waals surface area contributed by atoms with Gasteiger partial charge in [-0.05, 0) is 43.5 Å². The summed E-state index contributed by atoms with van der Waals surface area (Å²) in [4.78, 5) is 0.0661. The Labute approximate surface area is 192 Å². The fourth-order valence-corrected chi connectivity index (χ4v) is 5.38. The zero-order valence-electron chi connectivity index (χ0n) is 17.3. The van der Waals surface area contributed by atoms with Crippen LogP contribution in [0.4, 0.5) is 13.2 Å². The Bertz CT molecular complexity index is 1540. The first kappa shape index (κ1) is 22.8. The largest absolute Gasteiger partial charge is 0.453 e. The quantitative estimate of drug-likeness (QED) is 0.323. The lowest BCUT2D eigenvalue weighted by Crippen LogP contribution is -2.13. The van der Waals surface area contributed by atoms with Crippen LogP contribution in [0.1, 0.15) is 11.1 Å². The maximum absolute atomic E-state index is 15.2. The summed E-state index contributed by atoms with van der Waals surface area (Å²) in [5, 5.41) is 9.11. The molecule has 0 bridgehead atoms. The van der Waals surface area contributed by atoms with E-state index in [9.17, 15) is 12.8 Å². The van der Waals surface area contributed by atoms with Crippen LogP contribution in [0.2, 0.25) is 0 Å². The summed E-state index contributed by atoms with van der Waals surface area (Å²) in [6.45, 7) is 1.80. The van der Waals surface area contributed by atoms with E-state index in [1.54, 1.807) is 31.4 Å². The molecule has 5 nitrogen and oxygen atoms in total. The number of hydrogen-bond donors (Lipinski definition) is 0. The summed E-state index contributed by atoms with van der Waals surface area (Å²) in [7, 11) is -4.21. The summed E-state index contributed by atoms with van der Waals surface area (Å²) >= 11 is 1.02. The van der Waals surface area contributed by atoms with E-state index in [1.165, 1.54) is 24.3 Å². The molecule has 0 aliphatic heterocycles. The standard InChI is InChI=1S/C23H15F3N2O3S2/c1-13-3-6-16(7-4-13)33(29,30)28-10-9-17-21(28)19(25)20(26)22(23(17)32-2)31-15-5-8-18(24)14(11-15)12-27/h3-11H,1-2H3. The van der Waals surface area contributed by atoms with Gasteiger partial charge in [0, 0.05) is 17.6 Å². The zero-order chi connectivity index (χ0) is 23.9. The van der Waals surface area contributed by atoms with Crippen molar-refractivity contribution in [2.24, 2.45) is 0 Å². The van der Waals surface area contributed by atoms with Crippen LogP contribution in [-0.2, 0) is 10.0 Å². The molecule has 10 heteroatoms. The van der Waals surface area contributed by atoms with Crippen molar-refractivity contribution in [3.05, 3.63) is 83.3 Å². The van der Waals surface area contributed by atoms with E-state index >= 15 is 8.78 Å². The predicted molar refractivity (Wildman–Crippen MR) is 119 cm³/mol. The minimum Gasteiger partial charge on any atom is -0.453 e. The number of hydrogen-bond acceptors (Lipinski definition) is 5. The van der Waals surface area contributed by atoms with Gasteiger partial charge in [0.05, 0.1) is 15.4 Å². The molecule has 168 valence electrons. The molecule has 0 saturated carbocycles. The van der Waals surface area contributed by atoms with E-state index in [1.807, 2.05) is 0 Å². The maximum Gasteiger partial charge on any atom is 0.268 e. The Morgan fingerprint density at radius 1 is 1.03 bits per heavy atom. The average Bonchev–Trinajstić information content (AvgIpc) is 3.25. The lowest BCUT2D eigenvalue weighted by molar-refractivity contribution is 0.409. The molecule has 33 heavy (non-hydrogen) atoms. The second kappa shape index (κ2) is 8.50. The minimum atomic E-state index is -4.21. The molecule has 4 rings (SSSR count). The van der Waals surface area contributed by atoms with E-state index < -0.39 is 38.7 Å². The SMILES string of the molecule is CSc1c(Oc2ccc(F)c(C#N)c2)c(F)c(F)c2c1ccn2S(=O)(=O)c1ccc(C)cc1. The number of nitrogens with zero attached hydrogens (tertiary/aromatic N) is 2. The van der Waals surface area contributed by atoms with Gasteiger partial charge in [-0.3, -0.25) is 0 Å². The molecule has 0 radical (unpaired) electrons. The highest BCUT2D eigenvalue weighted by atomic mass is 32.2. The molecule has 3 aromatic carbocycles. The molecular formula is C23H15F3N2O3S2. The average molecular weight is 489 g/mol. The summed E-state index contributed by atoms with van der Waals surface area (Å²) in [5.41, 5.74) is 0.0625. The second-order valence-corrected chi connectivity index (χ2v) is 9.67. The molecule has 1 heterocycles. The van der Waals surface area contributed by atoms with Gasteiger partial charge in [0.1, 0.15) is 23.2 Å². The molecule has 0 amide bonds. The number of thioether (sulfide) groups is 1. The Balaban J connectivity index is 1.91. The number of aromatic nitrogens is 1. The van der Waals surface area contributed by atoms with Gasteiger partial charge in [-0.1, -0.05) is 17.7 Å². The molecule has 0 atom stereocenters. The van der Waals surface area contributed by atoms with Crippen molar-refractivity contribution >= 4 is 32.7 Å². The van der Waals surface area contributed by atoms with Gasteiger partial charge in [0.15, 0.2) is 11.6 Å². The third-order valence-corrected chi connectivity index (χ3v) is 7.47. The first-order valence-corrected chi connectivity index (χ1v) is 12.1. The Kier molecular flexibility index (Phi) is 5.86. The highest BCUT2D eigenvalue weighted by Gasteiger charge is 2.28. The number of ether oxygens (including phenoxy) is 1. The minimum absolute atomic E-state index is 0.0763. The molecule has 0 aliphatic carbocycles. The van der Waals surface area contributed by atoms with Crippen LogP contribution in [0, 0.1) is 35.7 Å². The van der Waals surface area contributed by atoms with Crippen LogP contribution >= 0.6 is 11.8 Å². The molecule has 0 saturated heterocycles. The van der Waals surface area contributed by atoms with Crippen molar-refractivity contribution in [2.45, 2.75) is 16.7 Å². The fraction of sp³-hybridized carbons (Fsp3) is 0.0870. The van der Waals surface area contributed by atoms with Crippen LogP contribution in [-0.4, -0.2) is 18.6 Å². The molecule has 0 N–H and O–H groups in total. The van der Waals surface area contributed by atoms with E-state index in [0.717, 1.165) is 35.7 Å². The molecule has 0 spiro atoms. The smallest absolute Gasteiger partial charge is 0.268 e. The summed E-state index contributed by atoms with van der Waals surface area (Å²) in [5.74, 6) is -4.17. The van der Waals surface area contributed by atoms with Crippen molar-refractivity contribution in [1.82, 2.24) is 3.97 Å². The van der Waals surface area contributed by atoms with E-state index in [4.69, 9.17) is 10.00 Å². The zero-order valence-corrected chi connectivity index (χ0v) is 18.9. The number of nitriles is 1. The van der Waals surface area contributed by atoms with Crippen LogP contribution in [0.15, 0.2) is 64.5 Å². The van der Waals surface area contributed by atoms with Crippen molar-refractivity contribution < 1.29 is 26.3 Å². The van der Waals surface area contributed by atoms with Gasteiger partial charge in [0.25, 0.3) is 10.0 Å². The first-order chi connectivity index (χ1) is 15.7. The monoisotopic (exact) mass is 488 g/mol. The van der Waals surface area contributed by atoms with Gasteiger partial charge in [0.2, 0.25) is 5.82 Å². The highest BCUT2D eigenvalue weighted by Crippen LogP contribution is 2.43. The lowest BCUT2D eigenvalue weighted by Gasteiger charge is -2.15. The maximum atomic E-state index is 15.2. The third-order valence-electron chi connectivity index (χ3n) is 4.96. The number of fused-ring (bicyclic) bond motifs is 1. The Morgan fingerprint density at radius 2 is 1.73 bits per heavy atom. The van der Waals surface area contributed by atoms with Gasteiger partial charge in [-0.2, -0.15) is 9.65 Å². The second-order valence-electron chi connectivity index (χ2n) is 7.04. The van der Waals surface area contributed by atoms with Gasteiger partial charge in [-0.25, -0.2) is 21.2 Å². The number of rotatable bonds is 5. The van der Waals surface area contributed by atoms with E-state index in [0.29, 0.717) is 3.97 Å². The number of halogens is 3. The lowest BCUT2D eigenvalue weighted by atomic mass is 10.2. The van der Waals surface area contributed by atoms with Crippen molar-refractivity contribution in [1.29, 1.82) is 5.26 Å². The predicted octanol–water partition coefficient (Wildman–Crippen LogP) is 5.99. The molecule has 1 aromatic heterocycles. The normalized spacial score (nSPS) is 11.5. The van der Waals surface area contributed by atoms with E-state index in [-0.39, 0.29) is 26.5 Å². The first-order valence-electron chi connectivity index (χ1n) is 9.44. The van der Waals surface area contributed by atoms with E-state index in [2.05, 4.69) is 0 Å². The molecule has 0 fully saturated rings. The summed E-state index contributed by atoms with van der Waals surface area (Å²) in [6.07, 6.45) is 2.74. The topological polar surface area (TPSA) is 72.1 Å². The fourth-order valence-electron chi connectivity index (χ4n) is 3.33. The summed E-state index contributed by atoms with van der Waals surface area (Å²) < 4.78 is 76.5. The van der Waals surface area contributed by atoms with Crippen molar-refractivity contribution in [2.75, 3.05) is 6.26 Å². The Morgan fingerprint density at radius 3 is 2.36 bits per heavy atom. The molecule has 0 unspecified atom stereocenters. The molecule has 4 aromatic rings. The number of benzene rings is 3. The van der Waals surface area contributed by atoms with Gasteiger partial charge in [-0.15, -0.1) is 11.8 Å². The van der Waals surface area contributed by atoms with Crippen LogP contribution in [0.25, 0.3) is 10.9 Å². The van der Waals surface area contributed by atoms with Gasteiger partial charge >= 0.3 is 0 Å². The molecule has 0 aliphatic rings. The highest BCUT2D eigenvalue weighted by molar-refractivity contribution is 7.99.